The van der Waals surface area contributed by atoms with Gasteiger partial charge < -0.3 is 16.0 Å². The van der Waals surface area contributed by atoms with Gasteiger partial charge in [-0.25, -0.2) is 0 Å². The molecule has 1 saturated carbocycles. The summed E-state index contributed by atoms with van der Waals surface area (Å²) in [5.41, 5.74) is -0.668. The minimum atomic E-state index is -0.668. The molecule has 3 N–H and O–H groups in total. The standard InChI is InChI=1S/C17H31N3O2/c1-3-10-19-16(22)17(8-5-4-6-9-17)20-15(21)14-7-11-18-13(2)12-14/h13-14,18H,3-12H2,1-2H3,(H,19,22)(H,20,21)/t13-,14-/m0/s1. The Kier molecular flexibility index (Phi) is 6.24. The van der Waals surface area contributed by atoms with Gasteiger partial charge in [0.15, 0.2) is 0 Å². The maximum atomic E-state index is 12.7. The number of amides is 2. The molecule has 0 aromatic carbocycles. The smallest absolute Gasteiger partial charge is 0.245 e. The van der Waals surface area contributed by atoms with Crippen LogP contribution in [0.25, 0.3) is 0 Å². The van der Waals surface area contributed by atoms with Gasteiger partial charge in [0.25, 0.3) is 0 Å². The molecule has 0 radical (unpaired) electrons. The van der Waals surface area contributed by atoms with Gasteiger partial charge in [-0.2, -0.15) is 0 Å². The van der Waals surface area contributed by atoms with Gasteiger partial charge in [-0.15, -0.1) is 0 Å². The van der Waals surface area contributed by atoms with Gasteiger partial charge in [-0.05, 0) is 45.6 Å². The van der Waals surface area contributed by atoms with Crippen molar-refractivity contribution in [1.29, 1.82) is 0 Å². The average molecular weight is 309 g/mol. The number of carbonyl (C=O) groups is 2. The second-order valence-corrected chi connectivity index (χ2v) is 6.96. The van der Waals surface area contributed by atoms with E-state index in [0.29, 0.717) is 12.6 Å². The van der Waals surface area contributed by atoms with Crippen LogP contribution >= 0.6 is 0 Å². The van der Waals surface area contributed by atoms with Gasteiger partial charge in [0.1, 0.15) is 5.54 Å². The quantitative estimate of drug-likeness (QED) is 0.724. The topological polar surface area (TPSA) is 70.2 Å². The number of carbonyl (C=O) groups excluding carboxylic acids is 2. The summed E-state index contributed by atoms with van der Waals surface area (Å²) in [5, 5.41) is 9.52. The Morgan fingerprint density at radius 2 is 1.95 bits per heavy atom. The molecule has 0 aromatic heterocycles. The molecule has 0 unspecified atom stereocenters. The summed E-state index contributed by atoms with van der Waals surface area (Å²) in [7, 11) is 0. The third kappa shape index (κ3) is 4.22. The zero-order valence-electron chi connectivity index (χ0n) is 14.0. The second kappa shape index (κ2) is 7.95. The molecular weight excluding hydrogens is 278 g/mol. The van der Waals surface area contributed by atoms with Crippen molar-refractivity contribution < 1.29 is 9.59 Å². The molecule has 22 heavy (non-hydrogen) atoms. The van der Waals surface area contributed by atoms with Crippen LogP contribution in [0.15, 0.2) is 0 Å². The van der Waals surface area contributed by atoms with Crippen LogP contribution < -0.4 is 16.0 Å². The highest BCUT2D eigenvalue weighted by molar-refractivity contribution is 5.92. The number of nitrogens with one attached hydrogen (secondary N) is 3. The molecule has 0 aromatic rings. The predicted octanol–water partition coefficient (Wildman–Crippen LogP) is 1.72. The monoisotopic (exact) mass is 309 g/mol. The van der Waals surface area contributed by atoms with E-state index in [1.807, 2.05) is 6.92 Å². The van der Waals surface area contributed by atoms with Crippen LogP contribution in [0.4, 0.5) is 0 Å². The van der Waals surface area contributed by atoms with E-state index < -0.39 is 5.54 Å². The molecule has 2 atom stereocenters. The van der Waals surface area contributed by atoms with Crippen LogP contribution in [0.5, 0.6) is 0 Å². The van der Waals surface area contributed by atoms with E-state index >= 15 is 0 Å². The van der Waals surface area contributed by atoms with E-state index in [-0.39, 0.29) is 17.7 Å². The highest BCUT2D eigenvalue weighted by Gasteiger charge is 2.42. The SMILES string of the molecule is CCCNC(=O)C1(NC(=O)[C@H]2CCN[C@@H](C)C2)CCCCC1. The van der Waals surface area contributed by atoms with Gasteiger partial charge in [0, 0.05) is 18.5 Å². The van der Waals surface area contributed by atoms with Crippen LogP contribution in [0.3, 0.4) is 0 Å². The molecule has 126 valence electrons. The molecule has 0 bridgehead atoms. The van der Waals surface area contributed by atoms with E-state index in [0.717, 1.165) is 57.9 Å². The molecule has 5 nitrogen and oxygen atoms in total. The maximum absolute atomic E-state index is 12.7. The van der Waals surface area contributed by atoms with Crippen molar-refractivity contribution in [2.45, 2.75) is 76.8 Å². The predicted molar refractivity (Wildman–Crippen MR) is 87.4 cm³/mol. The lowest BCUT2D eigenvalue weighted by Crippen LogP contribution is -2.61. The number of hydrogen-bond donors (Lipinski definition) is 3. The molecule has 1 aliphatic carbocycles. The number of rotatable bonds is 5. The average Bonchev–Trinajstić information content (AvgIpc) is 2.53. The Hall–Kier alpha value is -1.10. The van der Waals surface area contributed by atoms with Crippen molar-refractivity contribution in [3.63, 3.8) is 0 Å². The fourth-order valence-corrected chi connectivity index (χ4v) is 3.68. The summed E-state index contributed by atoms with van der Waals surface area (Å²) < 4.78 is 0. The van der Waals surface area contributed by atoms with Crippen LogP contribution in [0.2, 0.25) is 0 Å². The third-order valence-electron chi connectivity index (χ3n) is 5.03. The highest BCUT2D eigenvalue weighted by Crippen LogP contribution is 2.29. The molecule has 2 rings (SSSR count). The van der Waals surface area contributed by atoms with E-state index in [1.165, 1.54) is 0 Å². The van der Waals surface area contributed by atoms with Crippen molar-refractivity contribution in [2.75, 3.05) is 13.1 Å². The first kappa shape index (κ1) is 17.3. The fraction of sp³-hybridized carbons (Fsp3) is 0.882. The van der Waals surface area contributed by atoms with Crippen molar-refractivity contribution in [3.8, 4) is 0 Å². The first-order chi connectivity index (χ1) is 10.6. The van der Waals surface area contributed by atoms with Gasteiger partial charge in [0.05, 0.1) is 0 Å². The Morgan fingerprint density at radius 1 is 1.23 bits per heavy atom. The van der Waals surface area contributed by atoms with Crippen LogP contribution in [-0.4, -0.2) is 36.5 Å². The first-order valence-electron chi connectivity index (χ1n) is 8.91. The van der Waals surface area contributed by atoms with Gasteiger partial charge in [-0.1, -0.05) is 26.2 Å². The summed E-state index contributed by atoms with van der Waals surface area (Å²) >= 11 is 0. The normalized spacial score (nSPS) is 27.9. The maximum Gasteiger partial charge on any atom is 0.245 e. The highest BCUT2D eigenvalue weighted by atomic mass is 16.2. The minimum absolute atomic E-state index is 0.0179. The van der Waals surface area contributed by atoms with E-state index in [4.69, 9.17) is 0 Å². The Morgan fingerprint density at radius 3 is 2.59 bits per heavy atom. The lowest BCUT2D eigenvalue weighted by molar-refractivity contribution is -0.137. The number of piperidine rings is 1. The molecule has 2 fully saturated rings. The zero-order valence-corrected chi connectivity index (χ0v) is 14.0. The number of hydrogen-bond acceptors (Lipinski definition) is 3. The van der Waals surface area contributed by atoms with Crippen LogP contribution in [-0.2, 0) is 9.59 Å². The van der Waals surface area contributed by atoms with Crippen LogP contribution in [0.1, 0.15) is 65.2 Å². The zero-order chi connectivity index (χ0) is 16.0. The summed E-state index contributed by atoms with van der Waals surface area (Å²) in [6, 6.07) is 0.376. The molecular formula is C17H31N3O2. The molecule has 5 heteroatoms. The fourth-order valence-electron chi connectivity index (χ4n) is 3.68. The van der Waals surface area contributed by atoms with E-state index in [1.54, 1.807) is 0 Å². The second-order valence-electron chi connectivity index (χ2n) is 6.96. The first-order valence-corrected chi connectivity index (χ1v) is 8.91. The lowest BCUT2D eigenvalue weighted by Gasteiger charge is -2.38. The molecule has 0 spiro atoms. The van der Waals surface area contributed by atoms with Crippen LogP contribution in [0, 0.1) is 5.92 Å². The van der Waals surface area contributed by atoms with Crippen molar-refractivity contribution in [3.05, 3.63) is 0 Å². The lowest BCUT2D eigenvalue weighted by atomic mass is 9.80. The Bertz CT molecular complexity index is 391. The summed E-state index contributed by atoms with van der Waals surface area (Å²) in [6.07, 6.45) is 7.38. The minimum Gasteiger partial charge on any atom is -0.354 e. The molecule has 2 amide bonds. The largest absolute Gasteiger partial charge is 0.354 e. The van der Waals surface area contributed by atoms with Gasteiger partial charge in [0.2, 0.25) is 11.8 Å². The molecule has 2 aliphatic rings. The van der Waals surface area contributed by atoms with Gasteiger partial charge >= 0.3 is 0 Å². The Balaban J connectivity index is 2.02. The van der Waals surface area contributed by atoms with Gasteiger partial charge in [-0.3, -0.25) is 9.59 Å². The third-order valence-corrected chi connectivity index (χ3v) is 5.03. The van der Waals surface area contributed by atoms with Crippen molar-refractivity contribution in [1.82, 2.24) is 16.0 Å². The Labute approximate surface area is 134 Å². The molecule has 1 aliphatic heterocycles. The van der Waals surface area contributed by atoms with Crippen molar-refractivity contribution in [2.24, 2.45) is 5.92 Å². The molecule has 1 saturated heterocycles. The van der Waals surface area contributed by atoms with E-state index in [9.17, 15) is 9.59 Å². The molecule has 1 heterocycles. The summed E-state index contributed by atoms with van der Waals surface area (Å²) in [6.45, 7) is 5.72. The summed E-state index contributed by atoms with van der Waals surface area (Å²) in [4.78, 5) is 25.3. The summed E-state index contributed by atoms with van der Waals surface area (Å²) in [5.74, 6) is 0.125. The van der Waals surface area contributed by atoms with Crippen molar-refractivity contribution >= 4 is 11.8 Å². The van der Waals surface area contributed by atoms with E-state index in [2.05, 4.69) is 22.9 Å².